The summed E-state index contributed by atoms with van der Waals surface area (Å²) in [6, 6.07) is 26.5. The van der Waals surface area contributed by atoms with E-state index in [9.17, 15) is 4.79 Å². The number of amides is 1. The summed E-state index contributed by atoms with van der Waals surface area (Å²) in [6.45, 7) is 0.701. The molecule has 0 unspecified atom stereocenters. The second kappa shape index (κ2) is 10.4. The molecule has 6 heteroatoms. The summed E-state index contributed by atoms with van der Waals surface area (Å²) < 4.78 is 6.06. The minimum Gasteiger partial charge on any atom is -0.457 e. The molecule has 0 saturated heterocycles. The second-order valence-corrected chi connectivity index (χ2v) is 10.7. The van der Waals surface area contributed by atoms with E-state index in [2.05, 4.69) is 53.9 Å². The summed E-state index contributed by atoms with van der Waals surface area (Å²) in [5, 5.41) is 8.13. The third kappa shape index (κ3) is 4.78. The van der Waals surface area contributed by atoms with Crippen LogP contribution in [0, 0.1) is 5.92 Å². The van der Waals surface area contributed by atoms with Crippen LogP contribution < -0.4 is 20.3 Å². The summed E-state index contributed by atoms with van der Waals surface area (Å²) in [4.78, 5) is 20.5. The number of hydrogen-bond donors (Lipinski definition) is 2. The zero-order chi connectivity index (χ0) is 26.1. The number of rotatable bonds is 6. The van der Waals surface area contributed by atoms with Crippen molar-refractivity contribution in [1.29, 1.82) is 0 Å². The van der Waals surface area contributed by atoms with Gasteiger partial charge >= 0.3 is 0 Å². The smallest absolute Gasteiger partial charge is 0.232 e. The number of carbonyl (C=O) groups excluding carboxylic acids is 1. The molecule has 6 rings (SSSR count). The van der Waals surface area contributed by atoms with Gasteiger partial charge in [0.25, 0.3) is 0 Å². The number of hydrogen-bond acceptors (Lipinski definition) is 5. The normalized spacial score (nSPS) is 18.7. The zero-order valence-corrected chi connectivity index (χ0v) is 22.0. The lowest BCUT2D eigenvalue weighted by Crippen LogP contribution is -2.37. The van der Waals surface area contributed by atoms with Crippen molar-refractivity contribution in [1.82, 2.24) is 10.3 Å². The van der Waals surface area contributed by atoms with Gasteiger partial charge in [0.15, 0.2) is 0 Å². The first-order valence-electron chi connectivity index (χ1n) is 13.5. The summed E-state index contributed by atoms with van der Waals surface area (Å²) >= 11 is 0. The van der Waals surface area contributed by atoms with E-state index >= 15 is 0 Å². The van der Waals surface area contributed by atoms with Crippen molar-refractivity contribution in [3.05, 3.63) is 90.0 Å². The molecule has 1 aliphatic carbocycles. The van der Waals surface area contributed by atoms with Crippen LogP contribution in [0.2, 0.25) is 0 Å². The Morgan fingerprint density at radius 3 is 2.21 bits per heavy atom. The number of nitrogens with zero attached hydrogens (tertiary/aromatic N) is 2. The highest BCUT2D eigenvalue weighted by molar-refractivity contribution is 5.93. The molecule has 2 heterocycles. The van der Waals surface area contributed by atoms with Crippen molar-refractivity contribution >= 4 is 28.3 Å². The van der Waals surface area contributed by atoms with Gasteiger partial charge in [-0.25, -0.2) is 4.98 Å². The Bertz CT molecular complexity index is 1410. The predicted molar refractivity (Wildman–Crippen MR) is 153 cm³/mol. The average molecular weight is 507 g/mol. The zero-order valence-electron chi connectivity index (χ0n) is 22.0. The van der Waals surface area contributed by atoms with Crippen LogP contribution in [0.3, 0.4) is 0 Å². The van der Waals surface area contributed by atoms with Gasteiger partial charge < -0.3 is 20.3 Å². The number of fused-ring (bicyclic) bond motifs is 3. The molecule has 0 radical (unpaired) electrons. The van der Waals surface area contributed by atoms with Crippen molar-refractivity contribution in [3.8, 4) is 11.5 Å². The van der Waals surface area contributed by atoms with Crippen LogP contribution in [-0.4, -0.2) is 37.6 Å². The monoisotopic (exact) mass is 506 g/mol. The van der Waals surface area contributed by atoms with Crippen molar-refractivity contribution in [2.24, 2.45) is 5.92 Å². The van der Waals surface area contributed by atoms with E-state index in [0.29, 0.717) is 18.5 Å². The highest BCUT2D eigenvalue weighted by atomic mass is 16.5. The molecule has 2 N–H and O–H groups in total. The molecule has 38 heavy (non-hydrogen) atoms. The Labute approximate surface area is 224 Å². The molecule has 1 saturated carbocycles. The molecule has 4 aromatic rings. The fraction of sp³-hybridized carbons (Fsp3) is 0.312. The van der Waals surface area contributed by atoms with Gasteiger partial charge in [-0.1, -0.05) is 54.6 Å². The van der Waals surface area contributed by atoms with Gasteiger partial charge in [-0.05, 0) is 49.8 Å². The first kappa shape index (κ1) is 24.3. The summed E-state index contributed by atoms with van der Waals surface area (Å²) in [7, 11) is 4.14. The number of para-hydroxylation sites is 3. The molecule has 3 aromatic carbocycles. The number of nitrogens with one attached hydrogen (secondary N) is 2. The lowest BCUT2D eigenvalue weighted by Gasteiger charge is -2.31. The molecule has 0 bridgehead atoms. The Kier molecular flexibility index (Phi) is 6.62. The SMILES string of the molecule is CN(C)c1cc(NC2CCC(CNC(=O)C3c4ccccc4Oc4ccccc43)CC2)nc2ccccc12. The third-order valence-electron chi connectivity index (χ3n) is 7.88. The van der Waals surface area contributed by atoms with Gasteiger partial charge in [0, 0.05) is 54.9 Å². The van der Waals surface area contributed by atoms with E-state index in [1.807, 2.05) is 54.6 Å². The van der Waals surface area contributed by atoms with Crippen molar-refractivity contribution in [2.75, 3.05) is 30.9 Å². The molecule has 0 spiro atoms. The number of benzene rings is 3. The van der Waals surface area contributed by atoms with E-state index < -0.39 is 0 Å². The maximum Gasteiger partial charge on any atom is 0.232 e. The van der Waals surface area contributed by atoms with Gasteiger partial charge in [0.1, 0.15) is 17.3 Å². The molecule has 194 valence electrons. The van der Waals surface area contributed by atoms with Gasteiger partial charge in [-0.15, -0.1) is 0 Å². The first-order valence-corrected chi connectivity index (χ1v) is 13.5. The fourth-order valence-electron chi connectivity index (χ4n) is 5.86. The number of ether oxygens (including phenoxy) is 1. The molecule has 1 amide bonds. The maximum atomic E-state index is 13.5. The Hall–Kier alpha value is -4.06. The van der Waals surface area contributed by atoms with E-state index in [-0.39, 0.29) is 11.8 Å². The molecular weight excluding hydrogens is 472 g/mol. The highest BCUT2D eigenvalue weighted by Gasteiger charge is 2.33. The van der Waals surface area contributed by atoms with Gasteiger partial charge in [-0.2, -0.15) is 0 Å². The Morgan fingerprint density at radius 2 is 1.53 bits per heavy atom. The van der Waals surface area contributed by atoms with Gasteiger partial charge in [-0.3, -0.25) is 4.79 Å². The predicted octanol–water partition coefficient (Wildman–Crippen LogP) is 6.33. The highest BCUT2D eigenvalue weighted by Crippen LogP contribution is 2.44. The average Bonchev–Trinajstić information content (AvgIpc) is 2.95. The fourth-order valence-corrected chi connectivity index (χ4v) is 5.86. The standard InChI is InChI=1S/C32H34N4O2/c1-36(2)27-19-30(35-26-12-6-3-9-23(26)27)34-22-17-15-21(16-18-22)20-33-32(37)31-24-10-4-7-13-28(24)38-29-14-8-5-11-25(29)31/h3-14,19,21-22,31H,15-18,20H2,1-2H3,(H,33,37)(H,34,35). The van der Waals surface area contributed by atoms with E-state index in [1.165, 1.54) is 5.69 Å². The lowest BCUT2D eigenvalue weighted by molar-refractivity contribution is -0.122. The van der Waals surface area contributed by atoms with Crippen LogP contribution in [0.4, 0.5) is 11.5 Å². The van der Waals surface area contributed by atoms with Crippen LogP contribution in [0.15, 0.2) is 78.9 Å². The van der Waals surface area contributed by atoms with Gasteiger partial charge in [0.2, 0.25) is 5.91 Å². The second-order valence-electron chi connectivity index (χ2n) is 10.7. The Morgan fingerprint density at radius 1 is 0.895 bits per heavy atom. The topological polar surface area (TPSA) is 66.5 Å². The summed E-state index contributed by atoms with van der Waals surface area (Å²) in [5.74, 6) is 2.63. The van der Waals surface area contributed by atoms with Gasteiger partial charge in [0.05, 0.1) is 11.4 Å². The van der Waals surface area contributed by atoms with E-state index in [0.717, 1.165) is 65.0 Å². The molecule has 1 aromatic heterocycles. The largest absolute Gasteiger partial charge is 0.457 e. The number of carbonyl (C=O) groups is 1. The molecule has 2 aliphatic rings. The molecule has 6 nitrogen and oxygen atoms in total. The first-order chi connectivity index (χ1) is 18.6. The number of aromatic nitrogens is 1. The van der Waals surface area contributed by atoms with Crippen LogP contribution in [-0.2, 0) is 4.79 Å². The number of pyridine rings is 1. The van der Waals surface area contributed by atoms with Crippen molar-refractivity contribution < 1.29 is 9.53 Å². The molecule has 0 atom stereocenters. The molecule has 1 aliphatic heterocycles. The van der Waals surface area contributed by atoms with Crippen LogP contribution in [0.5, 0.6) is 11.5 Å². The van der Waals surface area contributed by atoms with Crippen LogP contribution in [0.25, 0.3) is 10.9 Å². The van der Waals surface area contributed by atoms with Crippen molar-refractivity contribution in [2.45, 2.75) is 37.6 Å². The van der Waals surface area contributed by atoms with Crippen molar-refractivity contribution in [3.63, 3.8) is 0 Å². The molecule has 1 fully saturated rings. The minimum atomic E-state index is -0.348. The summed E-state index contributed by atoms with van der Waals surface area (Å²) in [6.07, 6.45) is 4.28. The third-order valence-corrected chi connectivity index (χ3v) is 7.88. The Balaban J connectivity index is 1.08. The minimum absolute atomic E-state index is 0.0463. The van der Waals surface area contributed by atoms with Crippen LogP contribution in [0.1, 0.15) is 42.7 Å². The summed E-state index contributed by atoms with van der Waals surface area (Å²) in [5.41, 5.74) is 4.03. The quantitative estimate of drug-likeness (QED) is 0.320. The van der Waals surface area contributed by atoms with Crippen LogP contribution >= 0.6 is 0 Å². The van der Waals surface area contributed by atoms with E-state index in [1.54, 1.807) is 0 Å². The lowest BCUT2D eigenvalue weighted by atomic mass is 9.85. The van der Waals surface area contributed by atoms with E-state index in [4.69, 9.17) is 9.72 Å². The molecular formula is C32H34N4O2. The maximum absolute atomic E-state index is 13.5. The number of anilines is 2.